The fraction of sp³-hybridized carbons (Fsp3) is 0. The highest BCUT2D eigenvalue weighted by molar-refractivity contribution is 6.18. The van der Waals surface area contributed by atoms with Crippen LogP contribution >= 0.6 is 0 Å². The van der Waals surface area contributed by atoms with Gasteiger partial charge in [0.1, 0.15) is 0 Å². The van der Waals surface area contributed by atoms with Gasteiger partial charge in [-0.15, -0.1) is 0 Å². The zero-order valence-corrected chi connectivity index (χ0v) is 70.5. The molecular weight excluding hydrogens is 1580 g/mol. The Balaban J connectivity index is 0.564. The van der Waals surface area contributed by atoms with Crippen LogP contribution in [0.25, 0.3) is 254 Å². The summed E-state index contributed by atoms with van der Waals surface area (Å²) < 4.78 is 14.5. The minimum absolute atomic E-state index is 0.661. The number of hydrogen-bond acceptors (Lipinski definition) is 2. The van der Waals surface area contributed by atoms with Crippen molar-refractivity contribution in [3.63, 3.8) is 0 Å². The molecule has 130 heavy (non-hydrogen) atoms. The molecule has 8 nitrogen and oxygen atoms in total. The van der Waals surface area contributed by atoms with E-state index in [2.05, 4.69) is 482 Å². The van der Waals surface area contributed by atoms with Crippen LogP contribution in [0.3, 0.4) is 0 Å². The Bertz CT molecular complexity index is 8900. The number of aromatic nitrogens is 8. The van der Waals surface area contributed by atoms with E-state index in [0.29, 0.717) is 5.82 Å². The van der Waals surface area contributed by atoms with Gasteiger partial charge in [-0.2, -0.15) is 0 Å². The molecule has 27 rings (SSSR count). The predicted octanol–water partition coefficient (Wildman–Crippen LogP) is 31.9. The molecule has 0 aliphatic heterocycles. The van der Waals surface area contributed by atoms with E-state index in [1.807, 2.05) is 6.07 Å². The zero-order chi connectivity index (χ0) is 85.2. The molecule has 0 saturated carbocycles. The number of hydrogen-bond donors (Lipinski definition) is 0. The standard InChI is InChI=1S/C122H76N8/c1-6-24-78(25-7-1)122-123-108(77-44-55-94(56-45-77)129-118-62-51-85(81-47-58-114-100(68-81)96-34-16-20-38-110(96)125(114)90-26-8-2-9-27-90)72-104(118)105-73-86(52-63-119(105)129)82-48-59-115-101(69-82)97-35-17-21-39-111(97)126(115)91-28-10-3-11-29-91)76-109(124-122)89-43-42-80-67-95(57-46-79(80)66-89)130-120-64-53-87(83-49-60-116-102(70-83)98-36-18-22-40-112(98)127(116)92-30-12-4-13-31-92)74-106(120)107-75-88(54-65-121(107)130)84-50-61-117-103(71-84)99-37-19-23-41-113(99)128(117)93-32-14-5-15-33-93/h1-76H. The van der Waals surface area contributed by atoms with E-state index in [1.165, 1.54) is 120 Å². The minimum atomic E-state index is 0.661. The molecule has 0 bridgehead atoms. The first-order valence-electron chi connectivity index (χ1n) is 44.6. The third kappa shape index (κ3) is 11.6. The smallest absolute Gasteiger partial charge is 0.160 e. The van der Waals surface area contributed by atoms with Gasteiger partial charge in [0.25, 0.3) is 0 Å². The van der Waals surface area contributed by atoms with Gasteiger partial charge < -0.3 is 27.4 Å². The van der Waals surface area contributed by atoms with Crippen molar-refractivity contribution < 1.29 is 0 Å². The van der Waals surface area contributed by atoms with Gasteiger partial charge in [0.05, 0.1) is 77.6 Å². The summed E-state index contributed by atoms with van der Waals surface area (Å²) in [7, 11) is 0. The van der Waals surface area contributed by atoms with Gasteiger partial charge in [0.2, 0.25) is 0 Å². The fourth-order valence-corrected chi connectivity index (χ4v) is 21.1. The average Bonchev–Trinajstić information content (AvgIpc) is 1.58. The topological polar surface area (TPSA) is 55.4 Å². The summed E-state index contributed by atoms with van der Waals surface area (Å²) in [5.41, 5.74) is 34.6. The maximum Gasteiger partial charge on any atom is 0.160 e. The summed E-state index contributed by atoms with van der Waals surface area (Å²) in [5.74, 6) is 0.661. The molecule has 0 atom stereocenters. The first-order chi connectivity index (χ1) is 64.4. The Morgan fingerprint density at radius 3 is 0.654 bits per heavy atom. The van der Waals surface area contributed by atoms with Crippen LogP contribution < -0.4 is 0 Å². The van der Waals surface area contributed by atoms with Crippen molar-refractivity contribution in [2.45, 2.75) is 0 Å². The summed E-state index contributed by atoms with van der Waals surface area (Å²) in [6, 6.07) is 169. The van der Waals surface area contributed by atoms with E-state index in [9.17, 15) is 0 Å². The van der Waals surface area contributed by atoms with E-state index < -0.39 is 0 Å². The summed E-state index contributed by atoms with van der Waals surface area (Å²) in [5, 5.41) is 16.7. The lowest BCUT2D eigenvalue weighted by Gasteiger charge is -2.13. The zero-order valence-electron chi connectivity index (χ0n) is 70.5. The van der Waals surface area contributed by atoms with Gasteiger partial charge in [-0.25, -0.2) is 9.97 Å². The molecule has 604 valence electrons. The largest absolute Gasteiger partial charge is 0.309 e. The average molecular weight is 1650 g/mol. The van der Waals surface area contributed by atoms with Crippen molar-refractivity contribution in [3.8, 4) is 113 Å². The summed E-state index contributed by atoms with van der Waals surface area (Å²) in [6.45, 7) is 0. The molecule has 8 heteroatoms. The maximum absolute atomic E-state index is 5.42. The molecule has 0 aliphatic rings. The van der Waals surface area contributed by atoms with Crippen molar-refractivity contribution >= 4 is 142 Å². The van der Waals surface area contributed by atoms with Crippen molar-refractivity contribution in [2.75, 3.05) is 0 Å². The summed E-state index contributed by atoms with van der Waals surface area (Å²) in [6.07, 6.45) is 0. The molecule has 27 aromatic rings. The number of nitrogens with zero attached hydrogens (tertiary/aromatic N) is 8. The molecule has 0 unspecified atom stereocenters. The third-order valence-electron chi connectivity index (χ3n) is 27.2. The first-order valence-corrected chi connectivity index (χ1v) is 44.6. The SMILES string of the molecule is c1ccc(-c2nc(-c3ccc(-n4c5ccc(-c6ccc7c(c6)c6ccccc6n7-c6ccccc6)cc5c5cc(-c6ccc7c(c6)c6ccccc6n7-c6ccccc6)ccc54)cc3)cc(-c3ccc4cc(-n5c6ccc(-c7ccc8c(c7)c7ccccc7n8-c7ccccc7)cc6c6cc(-c7ccc8c(c7)c7ccccc7n8-c7ccccc7)ccc65)ccc4c3)n2)cc1. The van der Waals surface area contributed by atoms with Crippen molar-refractivity contribution in [1.82, 2.24) is 37.4 Å². The van der Waals surface area contributed by atoms with Gasteiger partial charge in [-0.05, 0) is 262 Å². The molecular formula is C122H76N8. The van der Waals surface area contributed by atoms with E-state index in [1.54, 1.807) is 0 Å². The van der Waals surface area contributed by atoms with Gasteiger partial charge >= 0.3 is 0 Å². The maximum atomic E-state index is 5.42. The quantitative estimate of drug-likeness (QED) is 0.116. The lowest BCUT2D eigenvalue weighted by Crippen LogP contribution is -1.97. The Hall–Kier alpha value is -17.5. The number of fused-ring (bicyclic) bond motifs is 19. The minimum Gasteiger partial charge on any atom is -0.309 e. The summed E-state index contributed by atoms with van der Waals surface area (Å²) >= 11 is 0. The molecule has 20 aromatic carbocycles. The molecule has 0 radical (unpaired) electrons. The number of para-hydroxylation sites is 8. The van der Waals surface area contributed by atoms with Gasteiger partial charge in [0, 0.05) is 115 Å². The second-order valence-electron chi connectivity index (χ2n) is 34.4. The third-order valence-corrected chi connectivity index (χ3v) is 27.2. The highest BCUT2D eigenvalue weighted by atomic mass is 15.0. The van der Waals surface area contributed by atoms with Crippen LogP contribution in [-0.4, -0.2) is 37.4 Å². The van der Waals surface area contributed by atoms with Crippen LogP contribution in [0.5, 0.6) is 0 Å². The van der Waals surface area contributed by atoms with Crippen LogP contribution in [0.1, 0.15) is 0 Å². The molecule has 7 aromatic heterocycles. The lowest BCUT2D eigenvalue weighted by molar-refractivity contribution is 1.17. The molecule has 0 fully saturated rings. The molecule has 0 aliphatic carbocycles. The predicted molar refractivity (Wildman–Crippen MR) is 544 cm³/mol. The monoisotopic (exact) mass is 1650 g/mol. The fourth-order valence-electron chi connectivity index (χ4n) is 21.1. The second-order valence-corrected chi connectivity index (χ2v) is 34.4. The Labute approximate surface area is 747 Å². The highest BCUT2D eigenvalue weighted by Crippen LogP contribution is 2.47. The van der Waals surface area contributed by atoms with E-state index >= 15 is 0 Å². The van der Waals surface area contributed by atoms with Crippen LogP contribution in [0.2, 0.25) is 0 Å². The number of rotatable bonds is 13. The molecule has 7 heterocycles. The van der Waals surface area contributed by atoms with Gasteiger partial charge in [0.15, 0.2) is 5.82 Å². The van der Waals surface area contributed by atoms with Crippen LogP contribution in [-0.2, 0) is 0 Å². The Kier molecular flexibility index (Phi) is 16.3. The van der Waals surface area contributed by atoms with Crippen LogP contribution in [0.15, 0.2) is 461 Å². The van der Waals surface area contributed by atoms with Crippen LogP contribution in [0, 0.1) is 0 Å². The summed E-state index contributed by atoms with van der Waals surface area (Å²) in [4.78, 5) is 10.8. The molecule has 0 spiro atoms. The molecule has 0 N–H and O–H groups in total. The van der Waals surface area contributed by atoms with Crippen molar-refractivity contribution in [2.24, 2.45) is 0 Å². The van der Waals surface area contributed by atoms with Crippen molar-refractivity contribution in [1.29, 1.82) is 0 Å². The van der Waals surface area contributed by atoms with E-state index in [0.717, 1.165) is 128 Å². The lowest BCUT2D eigenvalue weighted by atomic mass is 9.98. The molecule has 0 amide bonds. The van der Waals surface area contributed by atoms with E-state index in [-0.39, 0.29) is 0 Å². The second kappa shape index (κ2) is 29.1. The van der Waals surface area contributed by atoms with Gasteiger partial charge in [-0.3, -0.25) is 0 Å². The Morgan fingerprint density at radius 2 is 0.338 bits per heavy atom. The normalized spacial score (nSPS) is 12.0. The Morgan fingerprint density at radius 1 is 0.123 bits per heavy atom. The number of benzene rings is 20. The van der Waals surface area contributed by atoms with Crippen LogP contribution in [0.4, 0.5) is 0 Å². The molecule has 0 saturated heterocycles. The first kappa shape index (κ1) is 72.9. The van der Waals surface area contributed by atoms with Gasteiger partial charge in [-0.1, -0.05) is 255 Å². The van der Waals surface area contributed by atoms with E-state index in [4.69, 9.17) is 9.97 Å². The highest BCUT2D eigenvalue weighted by Gasteiger charge is 2.25. The van der Waals surface area contributed by atoms with Crippen molar-refractivity contribution in [3.05, 3.63) is 461 Å².